The quantitative estimate of drug-likeness (QED) is 0.205. The highest BCUT2D eigenvalue weighted by atomic mass is 32.2. The zero-order valence-corrected chi connectivity index (χ0v) is 20.9. The number of aromatic nitrogens is 1. The SMILES string of the molecule is COC(=O)c1ccc(CSc2nc3c(c(-c4cccs4)c2C#N)CC/C3=C\c2cccs2)cc1. The predicted molar refractivity (Wildman–Crippen MR) is 140 cm³/mol. The van der Waals surface area contributed by atoms with Gasteiger partial charge in [0.15, 0.2) is 0 Å². The maximum Gasteiger partial charge on any atom is 0.337 e. The number of esters is 1. The lowest BCUT2D eigenvalue weighted by Gasteiger charge is -2.14. The topological polar surface area (TPSA) is 63.0 Å². The number of nitrogens with zero attached hydrogens (tertiary/aromatic N) is 2. The normalized spacial score (nSPS) is 13.6. The van der Waals surface area contributed by atoms with Gasteiger partial charge in [-0.15, -0.1) is 34.4 Å². The largest absolute Gasteiger partial charge is 0.465 e. The molecule has 5 rings (SSSR count). The summed E-state index contributed by atoms with van der Waals surface area (Å²) in [6.07, 6.45) is 4.04. The van der Waals surface area contributed by atoms with Crippen LogP contribution in [0, 0.1) is 11.3 Å². The van der Waals surface area contributed by atoms with Crippen molar-refractivity contribution in [3.05, 3.63) is 92.1 Å². The summed E-state index contributed by atoms with van der Waals surface area (Å²) in [7, 11) is 1.38. The van der Waals surface area contributed by atoms with Gasteiger partial charge in [0, 0.05) is 21.1 Å². The van der Waals surface area contributed by atoms with E-state index in [1.807, 2.05) is 18.2 Å². The Balaban J connectivity index is 1.54. The van der Waals surface area contributed by atoms with Gasteiger partial charge in [-0.1, -0.05) is 24.3 Å². The van der Waals surface area contributed by atoms with Crippen LogP contribution in [0.1, 0.15) is 44.0 Å². The summed E-state index contributed by atoms with van der Waals surface area (Å²) < 4.78 is 4.78. The number of ether oxygens (including phenoxy) is 1. The molecule has 0 bridgehead atoms. The van der Waals surface area contributed by atoms with Crippen molar-refractivity contribution in [2.24, 2.45) is 0 Å². The van der Waals surface area contributed by atoms with Gasteiger partial charge in [-0.25, -0.2) is 9.78 Å². The molecule has 0 aliphatic heterocycles. The molecule has 7 heteroatoms. The monoisotopic (exact) mass is 500 g/mol. The number of benzene rings is 1. The molecular weight excluding hydrogens is 481 g/mol. The van der Waals surface area contributed by atoms with Crippen LogP contribution in [0.25, 0.3) is 22.1 Å². The highest BCUT2D eigenvalue weighted by molar-refractivity contribution is 7.98. The van der Waals surface area contributed by atoms with E-state index in [1.165, 1.54) is 23.1 Å². The molecule has 0 N–H and O–H groups in total. The summed E-state index contributed by atoms with van der Waals surface area (Å²) >= 11 is 4.94. The molecule has 0 saturated heterocycles. The third-order valence-electron chi connectivity index (χ3n) is 5.70. The van der Waals surface area contributed by atoms with E-state index in [0.717, 1.165) is 39.6 Å². The van der Waals surface area contributed by atoms with Crippen LogP contribution in [0.5, 0.6) is 0 Å². The van der Waals surface area contributed by atoms with Gasteiger partial charge in [0.1, 0.15) is 11.1 Å². The number of hydrogen-bond donors (Lipinski definition) is 0. The molecule has 0 atom stereocenters. The Labute approximate surface area is 210 Å². The van der Waals surface area contributed by atoms with Crippen LogP contribution in [0.15, 0.2) is 64.3 Å². The van der Waals surface area contributed by atoms with Gasteiger partial charge >= 0.3 is 5.97 Å². The fourth-order valence-electron chi connectivity index (χ4n) is 4.08. The minimum atomic E-state index is -0.350. The van der Waals surface area contributed by atoms with Gasteiger partial charge in [-0.3, -0.25) is 0 Å². The Morgan fingerprint density at radius 3 is 2.62 bits per heavy atom. The summed E-state index contributed by atoms with van der Waals surface area (Å²) in [4.78, 5) is 19.1. The number of thioether (sulfide) groups is 1. The first kappa shape index (κ1) is 22.6. The van der Waals surface area contributed by atoms with Crippen molar-refractivity contribution >= 4 is 52.1 Å². The molecule has 4 aromatic rings. The number of allylic oxidation sites excluding steroid dienone is 1. The molecule has 0 fully saturated rings. The first-order valence-electron chi connectivity index (χ1n) is 10.7. The number of carbonyl (C=O) groups excluding carboxylic acids is 1. The van der Waals surface area contributed by atoms with Gasteiger partial charge in [0.2, 0.25) is 0 Å². The highest BCUT2D eigenvalue weighted by Gasteiger charge is 2.27. The van der Waals surface area contributed by atoms with Crippen LogP contribution in [-0.4, -0.2) is 18.1 Å². The third-order valence-corrected chi connectivity index (χ3v) is 8.46. The maximum absolute atomic E-state index is 11.7. The molecule has 3 aromatic heterocycles. The standard InChI is InChI=1S/C27H20N2O2S3/c1-31-27(30)18-8-6-17(7-9-18)16-34-26-22(15-28)24(23-5-3-13-33-23)21-11-10-19(25(21)29-26)14-20-4-2-12-32-20/h2-9,12-14H,10-11,16H2,1H3/b19-14+. The van der Waals surface area contributed by atoms with Crippen molar-refractivity contribution in [2.75, 3.05) is 7.11 Å². The van der Waals surface area contributed by atoms with Gasteiger partial charge < -0.3 is 4.74 Å². The van der Waals surface area contributed by atoms with Crippen LogP contribution >= 0.6 is 34.4 Å². The van der Waals surface area contributed by atoms with Gasteiger partial charge in [0.25, 0.3) is 0 Å². The average molecular weight is 501 g/mol. The molecule has 0 unspecified atom stereocenters. The van der Waals surface area contributed by atoms with Crippen LogP contribution in [0.4, 0.5) is 0 Å². The van der Waals surface area contributed by atoms with E-state index >= 15 is 0 Å². The second kappa shape index (κ2) is 9.98. The average Bonchev–Trinajstić information content (AvgIpc) is 3.65. The molecule has 3 heterocycles. The zero-order chi connectivity index (χ0) is 23.5. The first-order chi connectivity index (χ1) is 16.7. The van der Waals surface area contributed by atoms with E-state index in [-0.39, 0.29) is 5.97 Å². The highest BCUT2D eigenvalue weighted by Crippen LogP contribution is 2.44. The van der Waals surface area contributed by atoms with E-state index in [4.69, 9.17) is 9.72 Å². The van der Waals surface area contributed by atoms with Gasteiger partial charge in [-0.2, -0.15) is 5.26 Å². The van der Waals surface area contributed by atoms with Crippen molar-refractivity contribution in [2.45, 2.75) is 23.6 Å². The van der Waals surface area contributed by atoms with Crippen LogP contribution in [0.3, 0.4) is 0 Å². The molecule has 1 aliphatic carbocycles. The lowest BCUT2D eigenvalue weighted by atomic mass is 10.0. The Hall–Kier alpha value is -3.18. The first-order valence-corrected chi connectivity index (χ1v) is 13.5. The Morgan fingerprint density at radius 2 is 1.94 bits per heavy atom. The molecule has 1 aliphatic rings. The fraction of sp³-hybridized carbons (Fsp3) is 0.148. The van der Waals surface area contributed by atoms with E-state index in [1.54, 1.807) is 46.6 Å². The number of hydrogen-bond acceptors (Lipinski definition) is 7. The lowest BCUT2D eigenvalue weighted by Crippen LogP contribution is -2.01. The van der Waals surface area contributed by atoms with Crippen LogP contribution in [0.2, 0.25) is 0 Å². The van der Waals surface area contributed by atoms with Crippen molar-refractivity contribution in [1.82, 2.24) is 4.98 Å². The summed E-state index contributed by atoms with van der Waals surface area (Å²) in [6.45, 7) is 0. The number of thiophene rings is 2. The van der Waals surface area contributed by atoms with Crippen molar-refractivity contribution < 1.29 is 9.53 Å². The maximum atomic E-state index is 11.7. The van der Waals surface area contributed by atoms with Crippen LogP contribution in [-0.2, 0) is 16.9 Å². The second-order valence-electron chi connectivity index (χ2n) is 7.75. The number of carbonyl (C=O) groups is 1. The van der Waals surface area contributed by atoms with Crippen molar-refractivity contribution in [1.29, 1.82) is 5.26 Å². The molecule has 4 nitrogen and oxygen atoms in total. The van der Waals surface area contributed by atoms with Crippen molar-refractivity contribution in [3.8, 4) is 16.5 Å². The fourth-order valence-corrected chi connectivity index (χ4v) is 6.51. The van der Waals surface area contributed by atoms with E-state index in [0.29, 0.717) is 16.9 Å². The van der Waals surface area contributed by atoms with E-state index in [2.05, 4.69) is 41.1 Å². The Morgan fingerprint density at radius 1 is 1.15 bits per heavy atom. The number of nitriles is 1. The van der Waals surface area contributed by atoms with Gasteiger partial charge in [0.05, 0.1) is 23.9 Å². The summed E-state index contributed by atoms with van der Waals surface area (Å²) in [5, 5.41) is 15.0. The Kier molecular flexibility index (Phi) is 6.63. The molecule has 34 heavy (non-hydrogen) atoms. The molecule has 168 valence electrons. The number of methoxy groups -OCH3 is 1. The molecule has 0 amide bonds. The predicted octanol–water partition coefficient (Wildman–Crippen LogP) is 7.31. The molecule has 0 spiro atoms. The molecule has 0 radical (unpaired) electrons. The zero-order valence-electron chi connectivity index (χ0n) is 18.4. The van der Waals surface area contributed by atoms with Crippen molar-refractivity contribution in [3.63, 3.8) is 0 Å². The third kappa shape index (κ3) is 4.45. The smallest absolute Gasteiger partial charge is 0.337 e. The molecule has 1 aromatic carbocycles. The minimum absolute atomic E-state index is 0.350. The van der Waals surface area contributed by atoms with E-state index < -0.39 is 0 Å². The summed E-state index contributed by atoms with van der Waals surface area (Å²) in [5.74, 6) is 0.298. The second-order valence-corrected chi connectivity index (χ2v) is 10.6. The summed E-state index contributed by atoms with van der Waals surface area (Å²) in [6, 6.07) is 18.1. The van der Waals surface area contributed by atoms with E-state index in [9.17, 15) is 10.1 Å². The Bertz CT molecular complexity index is 1400. The molecular formula is C27H20N2O2S3. The number of rotatable bonds is 6. The van der Waals surface area contributed by atoms with Gasteiger partial charge in [-0.05, 0) is 70.6 Å². The van der Waals surface area contributed by atoms with Crippen LogP contribution < -0.4 is 0 Å². The number of pyridine rings is 1. The molecule has 0 saturated carbocycles. The lowest BCUT2D eigenvalue weighted by molar-refractivity contribution is 0.0600. The summed E-state index contributed by atoms with van der Waals surface area (Å²) in [5.41, 5.74) is 6.66. The number of fused-ring (bicyclic) bond motifs is 1. The minimum Gasteiger partial charge on any atom is -0.465 e.